The molecule has 1 fully saturated rings. The first-order chi connectivity index (χ1) is 14.1. The number of piperazine rings is 1. The fraction of sp³-hybridized carbons (Fsp3) is 0.238. The molecule has 0 atom stereocenters. The lowest BCUT2D eigenvalue weighted by atomic mass is 10.1. The molecule has 1 aliphatic rings. The molecule has 2 aromatic heterocycles. The molecule has 0 aliphatic carbocycles. The van der Waals surface area contributed by atoms with Crippen LogP contribution >= 0.6 is 0 Å². The summed E-state index contributed by atoms with van der Waals surface area (Å²) in [6.07, 6.45) is 3.38. The summed E-state index contributed by atoms with van der Waals surface area (Å²) in [6.45, 7) is 1.68. The van der Waals surface area contributed by atoms with E-state index in [4.69, 9.17) is 0 Å². The van der Waals surface area contributed by atoms with Gasteiger partial charge < -0.3 is 9.80 Å². The number of halogens is 1. The van der Waals surface area contributed by atoms with Crippen molar-refractivity contribution >= 4 is 11.8 Å². The van der Waals surface area contributed by atoms with Gasteiger partial charge in [-0.2, -0.15) is 5.10 Å². The molecule has 148 valence electrons. The van der Waals surface area contributed by atoms with Gasteiger partial charge in [0, 0.05) is 44.1 Å². The fourth-order valence-electron chi connectivity index (χ4n) is 3.34. The van der Waals surface area contributed by atoms with Gasteiger partial charge in [0.2, 0.25) is 5.91 Å². The minimum atomic E-state index is -0.377. The third-order valence-electron chi connectivity index (χ3n) is 4.98. The fourth-order valence-corrected chi connectivity index (χ4v) is 3.34. The van der Waals surface area contributed by atoms with Crippen LogP contribution in [0.5, 0.6) is 0 Å². The zero-order chi connectivity index (χ0) is 20.2. The Bertz CT molecular complexity index is 1010. The van der Waals surface area contributed by atoms with Crippen molar-refractivity contribution in [3.8, 4) is 11.3 Å². The quantitative estimate of drug-likeness (QED) is 0.736. The van der Waals surface area contributed by atoms with E-state index in [-0.39, 0.29) is 24.1 Å². The molecule has 1 saturated heterocycles. The lowest BCUT2D eigenvalue weighted by Gasteiger charge is -2.34. The highest BCUT2D eigenvalue weighted by Crippen LogP contribution is 2.17. The third-order valence-corrected chi connectivity index (χ3v) is 4.98. The van der Waals surface area contributed by atoms with Crippen LogP contribution in [0, 0.1) is 5.82 Å². The van der Waals surface area contributed by atoms with Gasteiger partial charge in [0.25, 0.3) is 5.91 Å². The third kappa shape index (κ3) is 4.16. The van der Waals surface area contributed by atoms with E-state index in [1.54, 1.807) is 46.5 Å². The first-order valence-electron chi connectivity index (χ1n) is 9.38. The summed E-state index contributed by atoms with van der Waals surface area (Å²) in [5.74, 6) is -0.672. The number of aromatic nitrogens is 3. The number of H-pyrrole nitrogens is 1. The van der Waals surface area contributed by atoms with Crippen molar-refractivity contribution in [2.75, 3.05) is 26.2 Å². The Morgan fingerprint density at radius 1 is 1.03 bits per heavy atom. The number of carbonyl (C=O) groups is 2. The Kier molecular flexibility index (Phi) is 5.33. The predicted octanol–water partition coefficient (Wildman–Crippen LogP) is 2.14. The second kappa shape index (κ2) is 8.22. The van der Waals surface area contributed by atoms with Crippen LogP contribution in [0.25, 0.3) is 11.3 Å². The number of aromatic amines is 1. The number of nitrogens with one attached hydrogen (secondary N) is 1. The van der Waals surface area contributed by atoms with E-state index in [1.807, 2.05) is 12.1 Å². The number of pyridine rings is 1. The Balaban J connectivity index is 1.35. The van der Waals surface area contributed by atoms with Gasteiger partial charge in [0.1, 0.15) is 11.5 Å². The summed E-state index contributed by atoms with van der Waals surface area (Å²) in [4.78, 5) is 32.6. The maximum absolute atomic E-state index is 13.8. The van der Waals surface area contributed by atoms with Crippen LogP contribution in [0.4, 0.5) is 4.39 Å². The van der Waals surface area contributed by atoms with E-state index in [1.165, 1.54) is 6.07 Å². The first kappa shape index (κ1) is 18.8. The number of benzene rings is 1. The number of hydrogen-bond donors (Lipinski definition) is 1. The molecule has 0 radical (unpaired) electrons. The standard InChI is InChI=1S/C21H20FN5O2/c22-17-6-2-1-4-15(17)12-20(28)26-8-10-27(11-9-26)21(29)19-13-18(24-25-19)16-5-3-7-23-14-16/h1-7,13-14H,8-12H2,(H,24,25). The molecule has 2 amide bonds. The molecule has 1 N–H and O–H groups in total. The van der Waals surface area contributed by atoms with Crippen molar-refractivity contribution < 1.29 is 14.0 Å². The molecular weight excluding hydrogens is 373 g/mol. The van der Waals surface area contributed by atoms with E-state index in [2.05, 4.69) is 15.2 Å². The summed E-state index contributed by atoms with van der Waals surface area (Å²) < 4.78 is 13.8. The zero-order valence-corrected chi connectivity index (χ0v) is 15.7. The van der Waals surface area contributed by atoms with Gasteiger partial charge in [0.15, 0.2) is 0 Å². The molecule has 0 unspecified atom stereocenters. The monoisotopic (exact) mass is 393 g/mol. The molecule has 3 aromatic rings. The van der Waals surface area contributed by atoms with Gasteiger partial charge in [-0.1, -0.05) is 18.2 Å². The van der Waals surface area contributed by atoms with Gasteiger partial charge in [-0.05, 0) is 29.8 Å². The number of nitrogens with zero attached hydrogens (tertiary/aromatic N) is 4. The summed E-state index contributed by atoms with van der Waals surface area (Å²) in [5.41, 5.74) is 2.26. The van der Waals surface area contributed by atoms with Crippen LogP contribution in [0.1, 0.15) is 16.1 Å². The highest BCUT2D eigenvalue weighted by Gasteiger charge is 2.26. The average Bonchev–Trinajstić information content (AvgIpc) is 3.26. The van der Waals surface area contributed by atoms with Gasteiger partial charge in [-0.15, -0.1) is 0 Å². The van der Waals surface area contributed by atoms with Gasteiger partial charge in [-0.3, -0.25) is 19.7 Å². The number of carbonyl (C=O) groups excluding carboxylic acids is 2. The second-order valence-electron chi connectivity index (χ2n) is 6.85. The largest absolute Gasteiger partial charge is 0.339 e. The highest BCUT2D eigenvalue weighted by atomic mass is 19.1. The number of hydrogen-bond acceptors (Lipinski definition) is 4. The molecule has 8 heteroatoms. The van der Waals surface area contributed by atoms with Crippen molar-refractivity contribution in [1.82, 2.24) is 25.0 Å². The molecule has 0 bridgehead atoms. The van der Waals surface area contributed by atoms with Crippen molar-refractivity contribution in [2.45, 2.75) is 6.42 Å². The van der Waals surface area contributed by atoms with Crippen LogP contribution in [0.3, 0.4) is 0 Å². The Morgan fingerprint density at radius 3 is 2.52 bits per heavy atom. The van der Waals surface area contributed by atoms with Gasteiger partial charge in [0.05, 0.1) is 12.1 Å². The Hall–Kier alpha value is -3.55. The molecule has 0 saturated carbocycles. The van der Waals surface area contributed by atoms with E-state index in [0.717, 1.165) is 5.56 Å². The molecule has 4 rings (SSSR count). The molecule has 1 aromatic carbocycles. The van der Waals surface area contributed by atoms with Crippen LogP contribution in [0.15, 0.2) is 54.9 Å². The van der Waals surface area contributed by atoms with E-state index < -0.39 is 0 Å². The Labute approximate surface area is 167 Å². The molecule has 0 spiro atoms. The van der Waals surface area contributed by atoms with Gasteiger partial charge in [-0.25, -0.2) is 4.39 Å². The molecular formula is C21H20FN5O2. The first-order valence-corrected chi connectivity index (χ1v) is 9.38. The average molecular weight is 393 g/mol. The molecule has 3 heterocycles. The summed E-state index contributed by atoms with van der Waals surface area (Å²) in [7, 11) is 0. The van der Waals surface area contributed by atoms with Crippen LogP contribution in [-0.2, 0) is 11.2 Å². The summed E-state index contributed by atoms with van der Waals surface area (Å²) >= 11 is 0. The lowest BCUT2D eigenvalue weighted by Crippen LogP contribution is -2.51. The molecule has 29 heavy (non-hydrogen) atoms. The van der Waals surface area contributed by atoms with Crippen LogP contribution in [0.2, 0.25) is 0 Å². The lowest BCUT2D eigenvalue weighted by molar-refractivity contribution is -0.132. The predicted molar refractivity (Wildman–Crippen MR) is 104 cm³/mol. The van der Waals surface area contributed by atoms with Crippen LogP contribution in [-0.4, -0.2) is 63.0 Å². The SMILES string of the molecule is O=C(Cc1ccccc1F)N1CCN(C(=O)c2cc(-c3cccnc3)n[nH]2)CC1. The molecule has 1 aliphatic heterocycles. The maximum Gasteiger partial charge on any atom is 0.272 e. The summed E-state index contributed by atoms with van der Waals surface area (Å²) in [5, 5.41) is 6.97. The smallest absolute Gasteiger partial charge is 0.272 e. The maximum atomic E-state index is 13.8. The minimum Gasteiger partial charge on any atom is -0.339 e. The van der Waals surface area contributed by atoms with Crippen LogP contribution < -0.4 is 0 Å². The number of rotatable bonds is 4. The molecule has 7 nitrogen and oxygen atoms in total. The van der Waals surface area contributed by atoms with Crippen molar-refractivity contribution in [3.05, 3.63) is 71.9 Å². The van der Waals surface area contributed by atoms with Crippen molar-refractivity contribution in [3.63, 3.8) is 0 Å². The topological polar surface area (TPSA) is 82.2 Å². The highest BCUT2D eigenvalue weighted by molar-refractivity contribution is 5.93. The van der Waals surface area contributed by atoms with Gasteiger partial charge >= 0.3 is 0 Å². The number of amides is 2. The van der Waals surface area contributed by atoms with E-state index in [0.29, 0.717) is 43.1 Å². The minimum absolute atomic E-state index is 0.0235. The second-order valence-corrected chi connectivity index (χ2v) is 6.85. The van der Waals surface area contributed by atoms with E-state index in [9.17, 15) is 14.0 Å². The van der Waals surface area contributed by atoms with Crippen molar-refractivity contribution in [1.29, 1.82) is 0 Å². The summed E-state index contributed by atoms with van der Waals surface area (Å²) in [6, 6.07) is 11.7. The Morgan fingerprint density at radius 2 is 1.79 bits per heavy atom. The zero-order valence-electron chi connectivity index (χ0n) is 15.7. The van der Waals surface area contributed by atoms with Crippen molar-refractivity contribution in [2.24, 2.45) is 0 Å². The van der Waals surface area contributed by atoms with E-state index >= 15 is 0 Å². The normalized spacial score (nSPS) is 14.1.